The summed E-state index contributed by atoms with van der Waals surface area (Å²) in [4.78, 5) is 23.3. The minimum Gasteiger partial charge on any atom is -0.390 e. The molecule has 0 saturated carbocycles. The van der Waals surface area contributed by atoms with Crippen molar-refractivity contribution in [3.05, 3.63) is 59.2 Å². The van der Waals surface area contributed by atoms with Crippen LogP contribution in [0.25, 0.3) is 11.1 Å². The molecule has 0 saturated heterocycles. The average molecular weight is 325 g/mol. The maximum Gasteiger partial charge on any atom is 0.216 e. The Morgan fingerprint density at radius 2 is 1.71 bits per heavy atom. The molecule has 1 aliphatic carbocycles. The van der Waals surface area contributed by atoms with Crippen LogP contribution in [-0.4, -0.2) is 34.6 Å². The van der Waals surface area contributed by atoms with Gasteiger partial charge in [-0.3, -0.25) is 9.59 Å². The molecule has 2 atom stereocenters. The SMILES string of the molecule is CC(=O)NCCC(O)C(O)c1ccc2c(c1)C(=O)c1ccccc1-2. The van der Waals surface area contributed by atoms with Gasteiger partial charge in [0.1, 0.15) is 6.10 Å². The lowest BCUT2D eigenvalue weighted by atomic mass is 9.97. The second-order valence-corrected chi connectivity index (χ2v) is 5.96. The number of carbonyl (C=O) groups is 2. The molecule has 3 rings (SSSR count). The molecule has 5 nitrogen and oxygen atoms in total. The Labute approximate surface area is 139 Å². The van der Waals surface area contributed by atoms with Gasteiger partial charge in [-0.15, -0.1) is 0 Å². The molecular weight excluding hydrogens is 306 g/mol. The first kappa shape index (κ1) is 16.4. The zero-order valence-electron chi connectivity index (χ0n) is 13.3. The first-order valence-corrected chi connectivity index (χ1v) is 7.87. The van der Waals surface area contributed by atoms with Crippen LogP contribution in [0.1, 0.15) is 40.9 Å². The molecule has 5 heteroatoms. The van der Waals surface area contributed by atoms with Crippen molar-refractivity contribution in [3.8, 4) is 11.1 Å². The first-order chi connectivity index (χ1) is 11.5. The standard InChI is InChI=1S/C19H19NO4/c1-11(21)20-9-8-17(22)18(23)12-6-7-14-13-4-2-3-5-15(13)19(24)16(14)10-12/h2-7,10,17-18,22-23H,8-9H2,1H3,(H,20,21). The number of fused-ring (bicyclic) bond motifs is 3. The normalized spacial score (nSPS) is 14.7. The highest BCUT2D eigenvalue weighted by Gasteiger charge is 2.28. The Balaban J connectivity index is 1.80. The Bertz CT molecular complexity index is 800. The van der Waals surface area contributed by atoms with Crippen molar-refractivity contribution in [3.63, 3.8) is 0 Å². The third kappa shape index (κ3) is 2.96. The largest absolute Gasteiger partial charge is 0.390 e. The summed E-state index contributed by atoms with van der Waals surface area (Å²) in [5, 5.41) is 23.0. The molecule has 1 aliphatic rings. The van der Waals surface area contributed by atoms with Crippen molar-refractivity contribution in [2.45, 2.75) is 25.6 Å². The van der Waals surface area contributed by atoms with Crippen molar-refractivity contribution in [1.29, 1.82) is 0 Å². The van der Waals surface area contributed by atoms with Crippen LogP contribution in [0.15, 0.2) is 42.5 Å². The van der Waals surface area contributed by atoms with E-state index in [4.69, 9.17) is 0 Å². The van der Waals surface area contributed by atoms with E-state index < -0.39 is 12.2 Å². The second-order valence-electron chi connectivity index (χ2n) is 5.96. The number of carbonyl (C=O) groups excluding carboxylic acids is 2. The van der Waals surface area contributed by atoms with Gasteiger partial charge >= 0.3 is 0 Å². The molecule has 0 heterocycles. The molecular formula is C19H19NO4. The maximum absolute atomic E-state index is 12.5. The highest BCUT2D eigenvalue weighted by Crippen LogP contribution is 2.37. The van der Waals surface area contributed by atoms with Gasteiger partial charge in [0, 0.05) is 24.6 Å². The van der Waals surface area contributed by atoms with Gasteiger partial charge in [0.05, 0.1) is 6.10 Å². The number of rotatable bonds is 5. The number of benzene rings is 2. The zero-order chi connectivity index (χ0) is 17.3. The van der Waals surface area contributed by atoms with Crippen LogP contribution in [-0.2, 0) is 4.79 Å². The Kier molecular flexibility index (Phi) is 4.46. The van der Waals surface area contributed by atoms with Gasteiger partial charge in [0.25, 0.3) is 0 Å². The summed E-state index contributed by atoms with van der Waals surface area (Å²) >= 11 is 0. The van der Waals surface area contributed by atoms with E-state index >= 15 is 0 Å². The number of aliphatic hydroxyl groups excluding tert-OH is 2. The number of aliphatic hydroxyl groups is 2. The van der Waals surface area contributed by atoms with Gasteiger partial charge in [-0.05, 0) is 29.2 Å². The predicted octanol–water partition coefficient (Wildman–Crippen LogP) is 1.82. The Morgan fingerprint density at radius 1 is 1.04 bits per heavy atom. The second kappa shape index (κ2) is 6.55. The van der Waals surface area contributed by atoms with Crippen LogP contribution in [0.5, 0.6) is 0 Å². The topological polar surface area (TPSA) is 86.6 Å². The summed E-state index contributed by atoms with van der Waals surface area (Å²) in [5.41, 5.74) is 3.43. The van der Waals surface area contributed by atoms with E-state index in [0.29, 0.717) is 16.7 Å². The van der Waals surface area contributed by atoms with E-state index in [1.165, 1.54) is 6.92 Å². The summed E-state index contributed by atoms with van der Waals surface area (Å²) < 4.78 is 0. The Hall–Kier alpha value is -2.50. The summed E-state index contributed by atoms with van der Waals surface area (Å²) in [6.07, 6.45) is -1.90. The fraction of sp³-hybridized carbons (Fsp3) is 0.263. The van der Waals surface area contributed by atoms with E-state index in [2.05, 4.69) is 5.32 Å². The molecule has 2 unspecified atom stereocenters. The molecule has 0 aliphatic heterocycles. The summed E-state index contributed by atoms with van der Waals surface area (Å²) in [6.45, 7) is 1.68. The van der Waals surface area contributed by atoms with Gasteiger partial charge in [-0.2, -0.15) is 0 Å². The maximum atomic E-state index is 12.5. The van der Waals surface area contributed by atoms with Crippen LogP contribution in [0.2, 0.25) is 0 Å². The molecule has 2 aromatic carbocycles. The highest BCUT2D eigenvalue weighted by atomic mass is 16.3. The molecule has 1 amide bonds. The van der Waals surface area contributed by atoms with Gasteiger partial charge in [0.2, 0.25) is 5.91 Å². The number of hydrogen-bond donors (Lipinski definition) is 3. The molecule has 2 aromatic rings. The van der Waals surface area contributed by atoms with Crippen LogP contribution >= 0.6 is 0 Å². The van der Waals surface area contributed by atoms with Crippen molar-refractivity contribution < 1.29 is 19.8 Å². The molecule has 0 bridgehead atoms. The monoisotopic (exact) mass is 325 g/mol. The fourth-order valence-electron chi connectivity index (χ4n) is 3.01. The van der Waals surface area contributed by atoms with Gasteiger partial charge in [0.15, 0.2) is 5.78 Å². The minimum atomic E-state index is -1.11. The van der Waals surface area contributed by atoms with Crippen LogP contribution < -0.4 is 5.32 Å². The lowest BCUT2D eigenvalue weighted by molar-refractivity contribution is -0.119. The number of amides is 1. The minimum absolute atomic E-state index is 0.0672. The lowest BCUT2D eigenvalue weighted by Gasteiger charge is -2.19. The van der Waals surface area contributed by atoms with Crippen molar-refractivity contribution in [2.24, 2.45) is 0 Å². The van der Waals surface area contributed by atoms with E-state index in [1.807, 2.05) is 18.2 Å². The van der Waals surface area contributed by atoms with Gasteiger partial charge in [-0.1, -0.05) is 36.4 Å². The van der Waals surface area contributed by atoms with Gasteiger partial charge < -0.3 is 15.5 Å². The van der Waals surface area contributed by atoms with Crippen molar-refractivity contribution >= 4 is 11.7 Å². The van der Waals surface area contributed by atoms with Crippen LogP contribution in [0, 0.1) is 0 Å². The number of nitrogens with one attached hydrogen (secondary N) is 1. The molecule has 0 spiro atoms. The first-order valence-electron chi connectivity index (χ1n) is 7.87. The third-order valence-electron chi connectivity index (χ3n) is 4.27. The summed E-state index contributed by atoms with van der Waals surface area (Å²) in [6, 6.07) is 12.6. The molecule has 0 radical (unpaired) electrons. The molecule has 0 fully saturated rings. The van der Waals surface area contributed by atoms with Crippen LogP contribution in [0.3, 0.4) is 0 Å². The molecule has 124 valence electrons. The van der Waals surface area contributed by atoms with Crippen LogP contribution in [0.4, 0.5) is 0 Å². The van der Waals surface area contributed by atoms with Gasteiger partial charge in [-0.25, -0.2) is 0 Å². The van der Waals surface area contributed by atoms with E-state index in [9.17, 15) is 19.8 Å². The predicted molar refractivity (Wildman–Crippen MR) is 89.6 cm³/mol. The summed E-state index contributed by atoms with van der Waals surface area (Å²) in [7, 11) is 0. The quantitative estimate of drug-likeness (QED) is 0.668. The lowest BCUT2D eigenvalue weighted by Crippen LogP contribution is -2.27. The molecule has 0 aromatic heterocycles. The number of ketones is 1. The van der Waals surface area contributed by atoms with E-state index in [1.54, 1.807) is 24.3 Å². The Morgan fingerprint density at radius 3 is 2.42 bits per heavy atom. The molecule has 3 N–H and O–H groups in total. The highest BCUT2D eigenvalue weighted by molar-refractivity contribution is 6.21. The van der Waals surface area contributed by atoms with E-state index in [-0.39, 0.29) is 24.7 Å². The van der Waals surface area contributed by atoms with Crippen molar-refractivity contribution in [2.75, 3.05) is 6.54 Å². The summed E-state index contributed by atoms with van der Waals surface area (Å²) in [5.74, 6) is -0.250. The average Bonchev–Trinajstić information content (AvgIpc) is 2.86. The third-order valence-corrected chi connectivity index (χ3v) is 4.27. The molecule has 24 heavy (non-hydrogen) atoms. The smallest absolute Gasteiger partial charge is 0.216 e. The fourth-order valence-corrected chi connectivity index (χ4v) is 3.01. The zero-order valence-corrected chi connectivity index (χ0v) is 13.3. The van der Waals surface area contributed by atoms with E-state index in [0.717, 1.165) is 11.1 Å². The van der Waals surface area contributed by atoms with Crippen molar-refractivity contribution in [1.82, 2.24) is 5.32 Å². The number of hydrogen-bond acceptors (Lipinski definition) is 4.